The molecule has 8 heteroatoms. The zero-order valence-electron chi connectivity index (χ0n) is 22.4. The minimum absolute atomic E-state index is 0.0157. The first kappa shape index (κ1) is 27.5. The Morgan fingerprint density at radius 2 is 1.83 bits per heavy atom. The Kier molecular flexibility index (Phi) is 8.61. The van der Waals surface area contributed by atoms with Crippen molar-refractivity contribution in [2.75, 3.05) is 38.5 Å². The average Bonchev–Trinajstić information content (AvgIpc) is 2.79. The Morgan fingerprint density at radius 3 is 2.42 bits per heavy atom. The Balaban J connectivity index is 1.78. The van der Waals surface area contributed by atoms with Gasteiger partial charge in [0, 0.05) is 50.5 Å². The highest BCUT2D eigenvalue weighted by atomic mass is 19.1. The molecule has 0 bridgehead atoms. The normalized spacial score (nSPS) is 17.4. The minimum Gasteiger partial charge on any atom is -0.444 e. The highest BCUT2D eigenvalue weighted by molar-refractivity contribution is 5.95. The number of hydrogen-bond acceptors (Lipinski definition) is 5. The molecule has 36 heavy (non-hydrogen) atoms. The van der Waals surface area contributed by atoms with Gasteiger partial charge in [-0.25, -0.2) is 9.18 Å². The van der Waals surface area contributed by atoms with Crippen LogP contribution in [0.3, 0.4) is 0 Å². The smallest absolute Gasteiger partial charge is 0.410 e. The van der Waals surface area contributed by atoms with Crippen LogP contribution in [-0.4, -0.2) is 66.7 Å². The number of aryl methyl sites for hydroxylation is 2. The van der Waals surface area contributed by atoms with Crippen molar-refractivity contribution >= 4 is 17.7 Å². The van der Waals surface area contributed by atoms with Crippen molar-refractivity contribution in [1.82, 2.24) is 15.1 Å². The molecule has 1 saturated heterocycles. The number of anilines is 1. The second-order valence-electron chi connectivity index (χ2n) is 10.6. The van der Waals surface area contributed by atoms with E-state index in [4.69, 9.17) is 4.74 Å². The molecule has 2 atom stereocenters. The quantitative estimate of drug-likeness (QED) is 0.593. The van der Waals surface area contributed by atoms with Gasteiger partial charge in [0.15, 0.2) is 0 Å². The highest BCUT2D eigenvalue weighted by Gasteiger charge is 2.32. The third-order valence-electron chi connectivity index (χ3n) is 6.42. The van der Waals surface area contributed by atoms with Gasteiger partial charge in [-0.05, 0) is 82.5 Å². The lowest BCUT2D eigenvalue weighted by atomic mass is 10.0. The van der Waals surface area contributed by atoms with Crippen LogP contribution in [0.2, 0.25) is 0 Å². The SMILES string of the molecule is CNC(=O)c1ccc(NC(CN2CCN(C(=O)OC(C)(C)C)[C@H](C)C2)c2ccc(C)c(F)c2)cc1C. The van der Waals surface area contributed by atoms with Crippen molar-refractivity contribution in [3.8, 4) is 0 Å². The second-order valence-corrected chi connectivity index (χ2v) is 10.6. The molecule has 1 heterocycles. The van der Waals surface area contributed by atoms with Crippen molar-refractivity contribution in [3.05, 3.63) is 64.5 Å². The number of rotatable bonds is 6. The number of hydrogen-bond donors (Lipinski definition) is 2. The largest absolute Gasteiger partial charge is 0.444 e. The molecule has 2 amide bonds. The number of piperazine rings is 1. The van der Waals surface area contributed by atoms with Crippen LogP contribution in [0.1, 0.15) is 60.8 Å². The third-order valence-corrected chi connectivity index (χ3v) is 6.42. The molecule has 2 N–H and O–H groups in total. The Morgan fingerprint density at radius 1 is 1.11 bits per heavy atom. The molecule has 2 aromatic carbocycles. The van der Waals surface area contributed by atoms with Gasteiger partial charge in [-0.15, -0.1) is 0 Å². The third kappa shape index (κ3) is 6.97. The fourth-order valence-electron chi connectivity index (χ4n) is 4.45. The van der Waals surface area contributed by atoms with Gasteiger partial charge in [-0.2, -0.15) is 0 Å². The molecule has 1 aliphatic rings. The standard InChI is InChI=1S/C28H39FN4O3/c1-18-8-9-21(15-24(18)29)25(31-22-10-11-23(19(2)14-22)26(34)30-7)17-32-12-13-33(20(3)16-32)27(35)36-28(4,5)6/h8-11,14-15,20,25,31H,12-13,16-17H2,1-7H3,(H,30,34)/t20-,25?/m1/s1. The van der Waals surface area contributed by atoms with Gasteiger partial charge in [0.25, 0.3) is 5.91 Å². The Labute approximate surface area is 214 Å². The van der Waals surface area contributed by atoms with Gasteiger partial charge in [-0.3, -0.25) is 9.69 Å². The average molecular weight is 499 g/mol. The topological polar surface area (TPSA) is 73.9 Å². The summed E-state index contributed by atoms with van der Waals surface area (Å²) in [5.74, 6) is -0.374. The van der Waals surface area contributed by atoms with Gasteiger partial charge in [0.2, 0.25) is 0 Å². The molecule has 1 fully saturated rings. The maximum absolute atomic E-state index is 14.5. The molecule has 2 aromatic rings. The molecule has 196 valence electrons. The van der Waals surface area contributed by atoms with Crippen molar-refractivity contribution < 1.29 is 18.7 Å². The minimum atomic E-state index is -0.538. The number of halogens is 1. The fourth-order valence-corrected chi connectivity index (χ4v) is 4.45. The lowest BCUT2D eigenvalue weighted by molar-refractivity contribution is 0.00109. The van der Waals surface area contributed by atoms with Crippen LogP contribution in [0, 0.1) is 19.7 Å². The lowest BCUT2D eigenvalue weighted by Gasteiger charge is -2.41. The van der Waals surface area contributed by atoms with Crippen molar-refractivity contribution in [1.29, 1.82) is 0 Å². The summed E-state index contributed by atoms with van der Waals surface area (Å²) in [6.45, 7) is 13.8. The van der Waals surface area contributed by atoms with E-state index in [1.807, 2.05) is 52.8 Å². The van der Waals surface area contributed by atoms with Crippen LogP contribution < -0.4 is 10.6 Å². The van der Waals surface area contributed by atoms with E-state index < -0.39 is 5.60 Å². The molecule has 0 saturated carbocycles. The van der Waals surface area contributed by atoms with Gasteiger partial charge in [0.05, 0.1) is 6.04 Å². The summed E-state index contributed by atoms with van der Waals surface area (Å²) in [7, 11) is 1.61. The van der Waals surface area contributed by atoms with Crippen LogP contribution in [0.25, 0.3) is 0 Å². The summed E-state index contributed by atoms with van der Waals surface area (Å²) in [4.78, 5) is 28.8. The highest BCUT2D eigenvalue weighted by Crippen LogP contribution is 2.26. The van der Waals surface area contributed by atoms with Crippen LogP contribution in [0.15, 0.2) is 36.4 Å². The summed E-state index contributed by atoms with van der Waals surface area (Å²) in [6, 6.07) is 10.7. The van der Waals surface area contributed by atoms with Crippen molar-refractivity contribution in [3.63, 3.8) is 0 Å². The molecule has 0 aliphatic carbocycles. The molecular weight excluding hydrogens is 459 g/mol. The van der Waals surface area contributed by atoms with Gasteiger partial charge in [0.1, 0.15) is 11.4 Å². The first-order valence-corrected chi connectivity index (χ1v) is 12.4. The number of carbonyl (C=O) groups excluding carboxylic acids is 2. The molecule has 0 radical (unpaired) electrons. The maximum atomic E-state index is 14.5. The summed E-state index contributed by atoms with van der Waals surface area (Å²) in [5, 5.41) is 6.21. The van der Waals surface area contributed by atoms with E-state index in [0.717, 1.165) is 16.8 Å². The van der Waals surface area contributed by atoms with Crippen molar-refractivity contribution in [2.24, 2.45) is 0 Å². The number of nitrogens with one attached hydrogen (secondary N) is 2. The predicted octanol–water partition coefficient (Wildman–Crippen LogP) is 4.90. The first-order chi connectivity index (χ1) is 16.9. The van der Waals surface area contributed by atoms with E-state index in [1.165, 1.54) is 0 Å². The maximum Gasteiger partial charge on any atom is 0.410 e. The molecule has 0 aromatic heterocycles. The Bertz CT molecular complexity index is 1100. The van der Waals surface area contributed by atoms with Gasteiger partial charge in [-0.1, -0.05) is 12.1 Å². The number of ether oxygens (including phenoxy) is 1. The summed E-state index contributed by atoms with van der Waals surface area (Å²) >= 11 is 0. The number of amides is 2. The lowest BCUT2D eigenvalue weighted by Crippen LogP contribution is -2.55. The zero-order valence-corrected chi connectivity index (χ0v) is 22.4. The van der Waals surface area contributed by atoms with Gasteiger partial charge < -0.3 is 20.3 Å². The van der Waals surface area contributed by atoms with Gasteiger partial charge >= 0.3 is 6.09 Å². The molecule has 7 nitrogen and oxygen atoms in total. The fraction of sp³-hybridized carbons (Fsp3) is 0.500. The van der Waals surface area contributed by atoms with Crippen LogP contribution in [0.4, 0.5) is 14.9 Å². The summed E-state index contributed by atoms with van der Waals surface area (Å²) < 4.78 is 20.1. The van der Waals surface area contributed by atoms with E-state index in [2.05, 4.69) is 15.5 Å². The predicted molar refractivity (Wildman–Crippen MR) is 141 cm³/mol. The van der Waals surface area contributed by atoms with E-state index in [1.54, 1.807) is 37.1 Å². The second kappa shape index (κ2) is 11.3. The van der Waals surface area contributed by atoms with Crippen molar-refractivity contribution in [2.45, 2.75) is 59.2 Å². The van der Waals surface area contributed by atoms with Crippen LogP contribution >= 0.6 is 0 Å². The first-order valence-electron chi connectivity index (χ1n) is 12.4. The molecule has 1 aliphatic heterocycles. The zero-order chi connectivity index (χ0) is 26.6. The van der Waals surface area contributed by atoms with E-state index in [9.17, 15) is 14.0 Å². The monoisotopic (exact) mass is 498 g/mol. The van der Waals surface area contributed by atoms with E-state index in [-0.39, 0.29) is 29.9 Å². The van der Waals surface area contributed by atoms with Crippen LogP contribution in [0.5, 0.6) is 0 Å². The summed E-state index contributed by atoms with van der Waals surface area (Å²) in [5.41, 5.74) is 3.23. The van der Waals surface area contributed by atoms with E-state index >= 15 is 0 Å². The molecule has 1 unspecified atom stereocenters. The number of benzene rings is 2. The van der Waals surface area contributed by atoms with Crippen LogP contribution in [-0.2, 0) is 4.74 Å². The molecule has 3 rings (SSSR count). The Hall–Kier alpha value is -3.13. The molecule has 0 spiro atoms. The number of nitrogens with zero attached hydrogens (tertiary/aromatic N) is 2. The molecular formula is C28H39FN4O3. The summed E-state index contributed by atoms with van der Waals surface area (Å²) in [6.07, 6.45) is -0.295. The van der Waals surface area contributed by atoms with E-state index in [0.29, 0.717) is 37.3 Å². The number of carbonyl (C=O) groups is 2.